The largest absolute Gasteiger partial charge is 0.507 e. The van der Waals surface area contributed by atoms with E-state index in [0.29, 0.717) is 38.6 Å². The molecule has 2 aromatic carbocycles. The molecule has 31 heavy (non-hydrogen) atoms. The standard InChI is InChI=1S/C21H20N2O7S/c1-27-15-7-11(8-16(28-2)18(15)29-3)9-17-19(25)23-21(31-17)22-12-5-6-14(24)13(10-12)20(26)30-4/h5-10,24H,1-4H3,(H,22,23,25)/b17-9-. The number of benzene rings is 2. The van der Waals surface area contributed by atoms with Crippen molar-refractivity contribution < 1.29 is 33.6 Å². The molecule has 0 unspecified atom stereocenters. The molecule has 0 aromatic heterocycles. The van der Waals surface area contributed by atoms with E-state index in [0.717, 1.165) is 11.8 Å². The third kappa shape index (κ3) is 4.75. The first-order chi connectivity index (χ1) is 14.9. The van der Waals surface area contributed by atoms with Crippen molar-refractivity contribution in [2.45, 2.75) is 0 Å². The lowest BCUT2D eigenvalue weighted by Gasteiger charge is -2.12. The Hall–Kier alpha value is -3.66. The second kappa shape index (κ2) is 9.43. The number of amides is 1. The summed E-state index contributed by atoms with van der Waals surface area (Å²) < 4.78 is 20.6. The number of nitrogens with zero attached hydrogens (tertiary/aromatic N) is 1. The lowest BCUT2D eigenvalue weighted by Crippen LogP contribution is -2.19. The summed E-state index contributed by atoms with van der Waals surface area (Å²) in [5.74, 6) is 0.138. The normalized spacial score (nSPS) is 15.7. The van der Waals surface area contributed by atoms with Gasteiger partial charge in [0.1, 0.15) is 11.3 Å². The number of phenols is 1. The van der Waals surface area contributed by atoms with Gasteiger partial charge in [-0.3, -0.25) is 4.79 Å². The third-order valence-corrected chi connectivity index (χ3v) is 5.16. The van der Waals surface area contributed by atoms with Crippen molar-refractivity contribution in [1.82, 2.24) is 5.32 Å². The number of methoxy groups -OCH3 is 4. The van der Waals surface area contributed by atoms with Gasteiger partial charge in [0.25, 0.3) is 5.91 Å². The van der Waals surface area contributed by atoms with Crippen molar-refractivity contribution in [3.05, 3.63) is 46.4 Å². The van der Waals surface area contributed by atoms with Gasteiger partial charge < -0.3 is 29.4 Å². The van der Waals surface area contributed by atoms with Gasteiger partial charge in [-0.25, -0.2) is 9.79 Å². The van der Waals surface area contributed by atoms with Crippen LogP contribution in [0.25, 0.3) is 6.08 Å². The number of thioether (sulfide) groups is 1. The van der Waals surface area contributed by atoms with Crippen LogP contribution in [0.5, 0.6) is 23.0 Å². The number of phenolic OH excluding ortho intramolecular Hbond substituents is 1. The molecule has 1 saturated heterocycles. The number of aromatic hydroxyl groups is 1. The number of esters is 1. The lowest BCUT2D eigenvalue weighted by atomic mass is 10.1. The zero-order chi connectivity index (χ0) is 22.5. The van der Waals surface area contributed by atoms with Gasteiger partial charge in [0.15, 0.2) is 16.7 Å². The molecule has 0 aliphatic carbocycles. The van der Waals surface area contributed by atoms with Crippen LogP contribution in [0.3, 0.4) is 0 Å². The first kappa shape index (κ1) is 22.0. The Kier molecular flexibility index (Phi) is 6.71. The maximum absolute atomic E-state index is 12.4. The van der Waals surface area contributed by atoms with Gasteiger partial charge in [-0.05, 0) is 53.7 Å². The maximum atomic E-state index is 12.4. The van der Waals surface area contributed by atoms with Crippen LogP contribution >= 0.6 is 11.8 Å². The Balaban J connectivity index is 1.90. The van der Waals surface area contributed by atoms with E-state index in [4.69, 9.17) is 14.2 Å². The Bertz CT molecular complexity index is 1070. The van der Waals surface area contributed by atoms with Crippen LogP contribution < -0.4 is 19.5 Å². The molecule has 2 aromatic rings. The van der Waals surface area contributed by atoms with Crippen molar-refractivity contribution in [3.8, 4) is 23.0 Å². The van der Waals surface area contributed by atoms with E-state index < -0.39 is 5.97 Å². The summed E-state index contributed by atoms with van der Waals surface area (Å²) in [6.07, 6.45) is 1.67. The van der Waals surface area contributed by atoms with E-state index >= 15 is 0 Å². The smallest absolute Gasteiger partial charge is 0.341 e. The molecule has 162 valence electrons. The number of aliphatic imine (C=N–C) groups is 1. The highest BCUT2D eigenvalue weighted by molar-refractivity contribution is 8.18. The summed E-state index contributed by atoms with van der Waals surface area (Å²) in [7, 11) is 5.75. The van der Waals surface area contributed by atoms with E-state index in [1.807, 2.05) is 0 Å². The van der Waals surface area contributed by atoms with E-state index in [9.17, 15) is 14.7 Å². The van der Waals surface area contributed by atoms with Crippen LogP contribution in [0.4, 0.5) is 5.69 Å². The molecule has 1 amide bonds. The number of carbonyl (C=O) groups is 2. The van der Waals surface area contributed by atoms with Crippen LogP contribution in [0, 0.1) is 0 Å². The van der Waals surface area contributed by atoms with Gasteiger partial charge in [-0.1, -0.05) is 0 Å². The molecule has 0 bridgehead atoms. The predicted octanol–water partition coefficient (Wildman–Crippen LogP) is 3.10. The Morgan fingerprint density at radius 3 is 2.32 bits per heavy atom. The molecule has 1 aliphatic rings. The molecule has 1 aliphatic heterocycles. The molecule has 9 nitrogen and oxygen atoms in total. The highest BCUT2D eigenvalue weighted by Gasteiger charge is 2.25. The first-order valence-corrected chi connectivity index (χ1v) is 9.72. The minimum atomic E-state index is -0.689. The average Bonchev–Trinajstić information content (AvgIpc) is 3.11. The van der Waals surface area contributed by atoms with E-state index in [1.165, 1.54) is 46.6 Å². The fourth-order valence-corrected chi connectivity index (χ4v) is 3.64. The quantitative estimate of drug-likeness (QED) is 0.516. The molecule has 0 radical (unpaired) electrons. The van der Waals surface area contributed by atoms with Crippen molar-refractivity contribution in [2.24, 2.45) is 4.99 Å². The second-order valence-electron chi connectivity index (χ2n) is 6.13. The first-order valence-electron chi connectivity index (χ1n) is 8.91. The van der Waals surface area contributed by atoms with E-state index in [1.54, 1.807) is 18.2 Å². The summed E-state index contributed by atoms with van der Waals surface area (Å²) in [5.41, 5.74) is 1.02. The number of hydrogen-bond donors (Lipinski definition) is 2. The molecular formula is C21H20N2O7S. The molecule has 3 rings (SSSR count). The molecule has 0 saturated carbocycles. The Morgan fingerprint density at radius 1 is 1.06 bits per heavy atom. The van der Waals surface area contributed by atoms with Crippen molar-refractivity contribution >= 4 is 40.6 Å². The van der Waals surface area contributed by atoms with Gasteiger partial charge in [0, 0.05) is 0 Å². The fraction of sp³-hybridized carbons (Fsp3) is 0.190. The van der Waals surface area contributed by atoms with Gasteiger partial charge >= 0.3 is 5.97 Å². The molecule has 0 atom stereocenters. The van der Waals surface area contributed by atoms with Gasteiger partial charge in [-0.2, -0.15) is 0 Å². The highest BCUT2D eigenvalue weighted by Crippen LogP contribution is 2.39. The number of nitrogens with one attached hydrogen (secondary N) is 1. The van der Waals surface area contributed by atoms with Gasteiger partial charge in [0.2, 0.25) is 5.75 Å². The third-order valence-electron chi connectivity index (χ3n) is 4.25. The van der Waals surface area contributed by atoms with Crippen molar-refractivity contribution in [2.75, 3.05) is 28.4 Å². The van der Waals surface area contributed by atoms with Crippen LogP contribution in [0.2, 0.25) is 0 Å². The monoisotopic (exact) mass is 444 g/mol. The van der Waals surface area contributed by atoms with Gasteiger partial charge in [-0.15, -0.1) is 0 Å². The summed E-state index contributed by atoms with van der Waals surface area (Å²) in [6.45, 7) is 0. The highest BCUT2D eigenvalue weighted by atomic mass is 32.2. The number of hydrogen-bond acceptors (Lipinski definition) is 9. The van der Waals surface area contributed by atoms with Crippen molar-refractivity contribution in [1.29, 1.82) is 0 Å². The fourth-order valence-electron chi connectivity index (χ4n) is 2.80. The molecule has 10 heteroatoms. The summed E-state index contributed by atoms with van der Waals surface area (Å²) >= 11 is 1.13. The van der Waals surface area contributed by atoms with Crippen LogP contribution in [0.1, 0.15) is 15.9 Å². The van der Waals surface area contributed by atoms with Crippen molar-refractivity contribution in [3.63, 3.8) is 0 Å². The number of amidine groups is 1. The average molecular weight is 444 g/mol. The molecule has 0 spiro atoms. The summed E-state index contributed by atoms with van der Waals surface area (Å²) in [5, 5.41) is 12.8. The summed E-state index contributed by atoms with van der Waals surface area (Å²) in [4.78, 5) is 28.9. The van der Waals surface area contributed by atoms with Crippen LogP contribution in [0.15, 0.2) is 40.2 Å². The predicted molar refractivity (Wildman–Crippen MR) is 116 cm³/mol. The lowest BCUT2D eigenvalue weighted by molar-refractivity contribution is -0.115. The molecule has 2 N–H and O–H groups in total. The molecule has 1 heterocycles. The van der Waals surface area contributed by atoms with Crippen LogP contribution in [-0.2, 0) is 9.53 Å². The zero-order valence-corrected chi connectivity index (χ0v) is 18.0. The number of carbonyl (C=O) groups excluding carboxylic acids is 2. The maximum Gasteiger partial charge on any atom is 0.341 e. The number of rotatable bonds is 6. The SMILES string of the molecule is COC(=O)c1cc(N=C2NC(=O)/C(=C/c3cc(OC)c(OC)c(OC)c3)S2)ccc1O. The minimum Gasteiger partial charge on any atom is -0.507 e. The topological polar surface area (TPSA) is 116 Å². The van der Waals surface area contributed by atoms with Crippen LogP contribution in [-0.4, -0.2) is 50.6 Å². The second-order valence-corrected chi connectivity index (χ2v) is 7.16. The molecular weight excluding hydrogens is 424 g/mol. The Morgan fingerprint density at radius 2 is 1.74 bits per heavy atom. The minimum absolute atomic E-state index is 0.0214. The molecule has 1 fully saturated rings. The van der Waals surface area contributed by atoms with E-state index in [-0.39, 0.29) is 17.2 Å². The van der Waals surface area contributed by atoms with E-state index in [2.05, 4.69) is 15.0 Å². The zero-order valence-electron chi connectivity index (χ0n) is 17.2. The summed E-state index contributed by atoms with van der Waals surface area (Å²) in [6, 6.07) is 7.67. The number of ether oxygens (including phenoxy) is 4. The Labute approximate surface area is 182 Å². The van der Waals surface area contributed by atoms with Gasteiger partial charge in [0.05, 0.1) is 39.0 Å².